The van der Waals surface area contributed by atoms with E-state index in [2.05, 4.69) is 15.3 Å². The average molecular weight is 188 g/mol. The number of hydrogen-bond donors (Lipinski definition) is 2. The molecule has 0 fully saturated rings. The van der Waals surface area contributed by atoms with Crippen LogP contribution in [-0.4, -0.2) is 21.3 Å². The summed E-state index contributed by atoms with van der Waals surface area (Å²) in [6, 6.07) is 0. The van der Waals surface area contributed by atoms with E-state index in [0.29, 0.717) is 6.54 Å². The van der Waals surface area contributed by atoms with Gasteiger partial charge in [-0.3, -0.25) is 4.79 Å². The first-order valence-electron chi connectivity index (χ1n) is 3.60. The lowest BCUT2D eigenvalue weighted by Gasteiger charge is -2.03. The van der Waals surface area contributed by atoms with Gasteiger partial charge in [0.05, 0.1) is 6.54 Å². The molecule has 0 radical (unpaired) electrons. The number of imidazole rings is 1. The van der Waals surface area contributed by atoms with Crippen molar-refractivity contribution in [2.24, 2.45) is 0 Å². The standard InChI is InChI=1S/C7H10ClN3O/c1-5(8)7(12)11-4-6-9-2-3-10-6/h2-3,5H,4H2,1H3,(H,9,10)(H,11,12). The first kappa shape index (κ1) is 9.06. The number of aromatic nitrogens is 2. The topological polar surface area (TPSA) is 57.8 Å². The summed E-state index contributed by atoms with van der Waals surface area (Å²) in [5.41, 5.74) is 0. The zero-order chi connectivity index (χ0) is 8.97. The molecule has 0 spiro atoms. The number of aromatic amines is 1. The Morgan fingerprint density at radius 3 is 3.17 bits per heavy atom. The second-order valence-corrected chi connectivity index (χ2v) is 3.02. The van der Waals surface area contributed by atoms with Crippen LogP contribution in [0.15, 0.2) is 12.4 Å². The Kier molecular flexibility index (Phi) is 3.10. The van der Waals surface area contributed by atoms with E-state index in [1.807, 2.05) is 0 Å². The van der Waals surface area contributed by atoms with Crippen LogP contribution < -0.4 is 5.32 Å². The number of alkyl halides is 1. The van der Waals surface area contributed by atoms with Crippen molar-refractivity contribution in [3.8, 4) is 0 Å². The lowest BCUT2D eigenvalue weighted by Crippen LogP contribution is -2.29. The van der Waals surface area contributed by atoms with Crippen LogP contribution in [0.1, 0.15) is 12.7 Å². The summed E-state index contributed by atoms with van der Waals surface area (Å²) >= 11 is 5.53. The number of amides is 1. The van der Waals surface area contributed by atoms with Gasteiger partial charge in [0.15, 0.2) is 0 Å². The Balaban J connectivity index is 2.32. The molecule has 0 aliphatic carbocycles. The van der Waals surface area contributed by atoms with E-state index in [1.165, 1.54) is 0 Å². The summed E-state index contributed by atoms with van der Waals surface area (Å²) < 4.78 is 0. The van der Waals surface area contributed by atoms with Crippen molar-refractivity contribution in [2.75, 3.05) is 0 Å². The molecular weight excluding hydrogens is 178 g/mol. The Labute approximate surface area is 75.3 Å². The molecule has 4 nitrogen and oxygen atoms in total. The predicted molar refractivity (Wildman–Crippen MR) is 45.7 cm³/mol. The maximum atomic E-state index is 11.0. The van der Waals surface area contributed by atoms with Crippen molar-refractivity contribution in [1.29, 1.82) is 0 Å². The van der Waals surface area contributed by atoms with E-state index < -0.39 is 5.38 Å². The molecule has 0 saturated heterocycles. The summed E-state index contributed by atoms with van der Waals surface area (Å²) in [7, 11) is 0. The third-order valence-corrected chi connectivity index (χ3v) is 1.54. The van der Waals surface area contributed by atoms with Crippen molar-refractivity contribution in [3.63, 3.8) is 0 Å². The second-order valence-electron chi connectivity index (χ2n) is 2.37. The largest absolute Gasteiger partial charge is 0.348 e. The van der Waals surface area contributed by atoms with Crippen molar-refractivity contribution in [3.05, 3.63) is 18.2 Å². The van der Waals surface area contributed by atoms with Gasteiger partial charge in [-0.15, -0.1) is 11.6 Å². The maximum absolute atomic E-state index is 11.0. The van der Waals surface area contributed by atoms with Gasteiger partial charge in [0.1, 0.15) is 11.2 Å². The van der Waals surface area contributed by atoms with Crippen LogP contribution >= 0.6 is 11.6 Å². The molecule has 66 valence electrons. The molecule has 5 heteroatoms. The van der Waals surface area contributed by atoms with Gasteiger partial charge < -0.3 is 10.3 Å². The van der Waals surface area contributed by atoms with Crippen LogP contribution in [0.25, 0.3) is 0 Å². The Morgan fingerprint density at radius 1 is 1.92 bits per heavy atom. The van der Waals surface area contributed by atoms with Gasteiger partial charge >= 0.3 is 0 Å². The van der Waals surface area contributed by atoms with E-state index in [-0.39, 0.29) is 5.91 Å². The fraction of sp³-hybridized carbons (Fsp3) is 0.429. The predicted octanol–water partition coefficient (Wildman–Crippen LogP) is 0.653. The minimum Gasteiger partial charge on any atom is -0.348 e. The van der Waals surface area contributed by atoms with Crippen LogP contribution in [0.5, 0.6) is 0 Å². The molecule has 1 aromatic heterocycles. The number of carbonyl (C=O) groups excluding carboxylic acids is 1. The number of H-pyrrole nitrogens is 1. The molecule has 1 atom stereocenters. The molecule has 1 unspecified atom stereocenters. The number of rotatable bonds is 3. The van der Waals surface area contributed by atoms with Crippen molar-refractivity contribution in [1.82, 2.24) is 15.3 Å². The van der Waals surface area contributed by atoms with E-state index in [0.717, 1.165) is 5.82 Å². The number of hydrogen-bond acceptors (Lipinski definition) is 2. The van der Waals surface area contributed by atoms with Crippen LogP contribution in [-0.2, 0) is 11.3 Å². The van der Waals surface area contributed by atoms with E-state index in [9.17, 15) is 4.79 Å². The Bertz CT molecular complexity index is 245. The van der Waals surface area contributed by atoms with Gasteiger partial charge in [0.25, 0.3) is 0 Å². The van der Waals surface area contributed by atoms with E-state index in [4.69, 9.17) is 11.6 Å². The highest BCUT2D eigenvalue weighted by Crippen LogP contribution is 1.93. The third kappa shape index (κ3) is 2.54. The van der Waals surface area contributed by atoms with Gasteiger partial charge in [-0.2, -0.15) is 0 Å². The molecule has 1 amide bonds. The van der Waals surface area contributed by atoms with Crippen LogP contribution in [0.3, 0.4) is 0 Å². The van der Waals surface area contributed by atoms with Gasteiger partial charge in [-0.1, -0.05) is 0 Å². The Hall–Kier alpha value is -1.03. The fourth-order valence-electron chi connectivity index (χ4n) is 0.706. The molecule has 0 aliphatic heterocycles. The van der Waals surface area contributed by atoms with Crippen molar-refractivity contribution in [2.45, 2.75) is 18.8 Å². The number of nitrogens with one attached hydrogen (secondary N) is 2. The lowest BCUT2D eigenvalue weighted by atomic mass is 10.4. The first-order valence-corrected chi connectivity index (χ1v) is 4.04. The minimum absolute atomic E-state index is 0.187. The zero-order valence-corrected chi connectivity index (χ0v) is 7.43. The molecular formula is C7H10ClN3O. The normalized spacial score (nSPS) is 12.5. The van der Waals surface area contributed by atoms with Gasteiger partial charge in [-0.25, -0.2) is 4.98 Å². The highest BCUT2D eigenvalue weighted by molar-refractivity contribution is 6.30. The van der Waals surface area contributed by atoms with E-state index in [1.54, 1.807) is 19.3 Å². The SMILES string of the molecule is CC(Cl)C(=O)NCc1ncc[nH]1. The van der Waals surface area contributed by atoms with Crippen molar-refractivity contribution >= 4 is 17.5 Å². The smallest absolute Gasteiger partial charge is 0.238 e. The fourth-order valence-corrected chi connectivity index (χ4v) is 0.783. The number of nitrogens with zero attached hydrogens (tertiary/aromatic N) is 1. The molecule has 0 aliphatic rings. The molecule has 1 aromatic rings. The zero-order valence-electron chi connectivity index (χ0n) is 6.67. The van der Waals surface area contributed by atoms with Crippen LogP contribution in [0.4, 0.5) is 0 Å². The van der Waals surface area contributed by atoms with E-state index >= 15 is 0 Å². The van der Waals surface area contributed by atoms with Crippen molar-refractivity contribution < 1.29 is 4.79 Å². The van der Waals surface area contributed by atoms with Gasteiger partial charge in [0, 0.05) is 12.4 Å². The summed E-state index contributed by atoms with van der Waals surface area (Å²) in [5, 5.41) is 2.12. The summed E-state index contributed by atoms with van der Waals surface area (Å²) in [6.07, 6.45) is 3.33. The molecule has 2 N–H and O–H groups in total. The van der Waals surface area contributed by atoms with Crippen LogP contribution in [0, 0.1) is 0 Å². The lowest BCUT2D eigenvalue weighted by molar-refractivity contribution is -0.120. The second kappa shape index (κ2) is 4.11. The Morgan fingerprint density at radius 2 is 2.67 bits per heavy atom. The van der Waals surface area contributed by atoms with Gasteiger partial charge in [0.2, 0.25) is 5.91 Å². The molecule has 1 rings (SSSR count). The molecule has 12 heavy (non-hydrogen) atoms. The first-order chi connectivity index (χ1) is 5.70. The monoisotopic (exact) mass is 187 g/mol. The molecule has 0 aromatic carbocycles. The third-order valence-electron chi connectivity index (χ3n) is 1.35. The summed E-state index contributed by atoms with van der Waals surface area (Å²) in [6.45, 7) is 2.02. The number of carbonyl (C=O) groups is 1. The highest BCUT2D eigenvalue weighted by Gasteiger charge is 2.07. The van der Waals surface area contributed by atoms with Crippen LogP contribution in [0.2, 0.25) is 0 Å². The minimum atomic E-state index is -0.500. The van der Waals surface area contributed by atoms with Gasteiger partial charge in [-0.05, 0) is 6.92 Å². The summed E-state index contributed by atoms with van der Waals surface area (Å²) in [4.78, 5) is 17.7. The number of halogens is 1. The molecule has 0 saturated carbocycles. The average Bonchev–Trinajstić information content (AvgIpc) is 2.51. The summed E-state index contributed by atoms with van der Waals surface area (Å²) in [5.74, 6) is 0.536. The molecule has 1 heterocycles. The highest BCUT2D eigenvalue weighted by atomic mass is 35.5. The quantitative estimate of drug-likeness (QED) is 0.683. The molecule has 0 bridgehead atoms. The maximum Gasteiger partial charge on any atom is 0.238 e.